The van der Waals surface area contributed by atoms with E-state index in [4.69, 9.17) is 10.00 Å². The zero-order valence-corrected chi connectivity index (χ0v) is 22.7. The first-order chi connectivity index (χ1) is 15.4. The number of ether oxygens (including phenoxy) is 1. The molecule has 6 nitrogen and oxygen atoms in total. The third-order valence-corrected chi connectivity index (χ3v) is 6.49. The number of allylic oxidation sites excluding steroid dienone is 6. The fourth-order valence-electron chi connectivity index (χ4n) is 3.87. The van der Waals surface area contributed by atoms with Gasteiger partial charge in [0, 0.05) is 11.8 Å². The molecule has 0 amide bonds. The van der Waals surface area contributed by atoms with Gasteiger partial charge >= 0.3 is 5.97 Å². The molecule has 6 heteroatoms. The molecule has 0 radical (unpaired) electrons. The molecule has 0 aromatic carbocycles. The predicted octanol–water partition coefficient (Wildman–Crippen LogP) is 7.26. The Morgan fingerprint density at radius 3 is 2.21 bits per heavy atom. The van der Waals surface area contributed by atoms with Crippen LogP contribution in [-0.2, 0) is 9.53 Å². The van der Waals surface area contributed by atoms with E-state index in [2.05, 4.69) is 81.3 Å². The van der Waals surface area contributed by atoms with Crippen LogP contribution in [0.25, 0.3) is 0 Å². The molecule has 0 fully saturated rings. The molecule has 1 aliphatic carbocycles. The highest BCUT2D eigenvalue weighted by Crippen LogP contribution is 2.41. The van der Waals surface area contributed by atoms with Crippen molar-refractivity contribution in [2.24, 2.45) is 27.0 Å². The van der Waals surface area contributed by atoms with Crippen LogP contribution in [-0.4, -0.2) is 22.6 Å². The van der Waals surface area contributed by atoms with Crippen LogP contribution in [0.3, 0.4) is 0 Å². The highest BCUT2D eigenvalue weighted by atomic mass is 16.6. The van der Waals surface area contributed by atoms with E-state index in [0.29, 0.717) is 12.3 Å². The van der Waals surface area contributed by atoms with Gasteiger partial charge in [-0.25, -0.2) is 0 Å². The van der Waals surface area contributed by atoms with Crippen LogP contribution in [0.5, 0.6) is 0 Å². The molecule has 0 spiro atoms. The van der Waals surface area contributed by atoms with Crippen LogP contribution in [0.15, 0.2) is 46.2 Å². The van der Waals surface area contributed by atoms with E-state index in [1.807, 2.05) is 19.9 Å². The zero-order chi connectivity index (χ0) is 26.4. The maximum atomic E-state index is 12.7. The monoisotopic (exact) mass is 466 g/mol. The molecule has 0 N–H and O–H groups in total. The topological polar surface area (TPSA) is 98.6 Å². The Hall–Kier alpha value is -2.73. The van der Waals surface area contributed by atoms with Crippen LogP contribution in [0, 0.1) is 39.4 Å². The molecule has 2 unspecified atom stereocenters. The van der Waals surface area contributed by atoms with Gasteiger partial charge in [0.1, 0.15) is 5.60 Å². The number of nitriles is 2. The number of esters is 1. The normalized spacial score (nSPS) is 20.9. The Labute approximate surface area is 206 Å². The highest BCUT2D eigenvalue weighted by molar-refractivity contribution is 5.70. The molecule has 2 atom stereocenters. The molecular formula is C28H42N4O2. The largest absolute Gasteiger partial charge is 0.460 e. The Morgan fingerprint density at radius 2 is 1.68 bits per heavy atom. The number of hydrogen-bond acceptors (Lipinski definition) is 6. The van der Waals surface area contributed by atoms with E-state index in [1.165, 1.54) is 5.57 Å². The quantitative estimate of drug-likeness (QED) is 0.250. The third-order valence-electron chi connectivity index (χ3n) is 6.49. The summed E-state index contributed by atoms with van der Waals surface area (Å²) < 4.78 is 5.84. The minimum atomic E-state index is -1.19. The Morgan fingerprint density at radius 1 is 1.06 bits per heavy atom. The average molecular weight is 467 g/mol. The van der Waals surface area contributed by atoms with Crippen LogP contribution in [0.2, 0.25) is 0 Å². The molecule has 34 heavy (non-hydrogen) atoms. The minimum Gasteiger partial charge on any atom is -0.460 e. The summed E-state index contributed by atoms with van der Waals surface area (Å²) in [6.45, 7) is 19.7. The second-order valence-electron chi connectivity index (χ2n) is 11.9. The van der Waals surface area contributed by atoms with Crippen molar-refractivity contribution in [3.8, 4) is 12.1 Å². The first-order valence-corrected chi connectivity index (χ1v) is 12.0. The summed E-state index contributed by atoms with van der Waals surface area (Å²) in [5.41, 5.74) is -1.93. The second kappa shape index (κ2) is 10.7. The molecule has 1 aliphatic rings. The smallest absolute Gasteiger partial charge is 0.306 e. The van der Waals surface area contributed by atoms with Crippen molar-refractivity contribution in [1.82, 2.24) is 0 Å². The number of carbonyl (C=O) groups excluding carboxylic acids is 1. The summed E-state index contributed by atoms with van der Waals surface area (Å²) in [6, 6.07) is 4.12. The lowest BCUT2D eigenvalue weighted by atomic mass is 9.74. The second-order valence-corrected chi connectivity index (χ2v) is 11.9. The number of rotatable bonds is 10. The zero-order valence-electron chi connectivity index (χ0n) is 22.7. The lowest BCUT2D eigenvalue weighted by Crippen LogP contribution is -2.35. The van der Waals surface area contributed by atoms with Gasteiger partial charge in [0.25, 0.3) is 0 Å². The van der Waals surface area contributed by atoms with Crippen molar-refractivity contribution in [3.05, 3.63) is 36.0 Å². The van der Waals surface area contributed by atoms with Crippen LogP contribution in [0.4, 0.5) is 0 Å². The van der Waals surface area contributed by atoms with Gasteiger partial charge < -0.3 is 4.74 Å². The van der Waals surface area contributed by atoms with Crippen LogP contribution in [0.1, 0.15) is 88.5 Å². The van der Waals surface area contributed by atoms with Crippen molar-refractivity contribution < 1.29 is 9.53 Å². The van der Waals surface area contributed by atoms with E-state index >= 15 is 0 Å². The van der Waals surface area contributed by atoms with Gasteiger partial charge in [0.2, 0.25) is 0 Å². The molecule has 0 aromatic heterocycles. The summed E-state index contributed by atoms with van der Waals surface area (Å²) in [5, 5.41) is 26.6. The summed E-state index contributed by atoms with van der Waals surface area (Å²) in [4.78, 5) is 12.7. The van der Waals surface area contributed by atoms with Crippen molar-refractivity contribution in [2.45, 2.75) is 105 Å². The lowest BCUT2D eigenvalue weighted by molar-refractivity contribution is -0.158. The molecule has 0 aromatic rings. The van der Waals surface area contributed by atoms with E-state index in [-0.39, 0.29) is 29.6 Å². The molecule has 1 rings (SSSR count). The van der Waals surface area contributed by atoms with E-state index in [0.717, 1.165) is 0 Å². The SMILES string of the molecule is CC(C)C1(C)C=CC=C(C(C)(C)CC(C)(C)OC(=O)CCC(C)(C#N)N=NC(C)(C)C#N)C=C1. The van der Waals surface area contributed by atoms with Gasteiger partial charge in [0.05, 0.1) is 12.1 Å². The van der Waals surface area contributed by atoms with Crippen molar-refractivity contribution in [1.29, 1.82) is 10.5 Å². The number of azo groups is 1. The highest BCUT2D eigenvalue weighted by Gasteiger charge is 2.35. The van der Waals surface area contributed by atoms with Crippen molar-refractivity contribution in [3.63, 3.8) is 0 Å². The number of hydrogen-bond donors (Lipinski definition) is 0. The summed E-state index contributed by atoms with van der Waals surface area (Å²) in [7, 11) is 0. The molecule has 0 saturated carbocycles. The number of carbonyl (C=O) groups is 1. The maximum Gasteiger partial charge on any atom is 0.306 e. The number of nitrogens with zero attached hydrogens (tertiary/aromatic N) is 4. The lowest BCUT2D eigenvalue weighted by Gasteiger charge is -2.36. The van der Waals surface area contributed by atoms with Crippen LogP contribution < -0.4 is 0 Å². The summed E-state index contributed by atoms with van der Waals surface area (Å²) >= 11 is 0. The molecule has 0 bridgehead atoms. The first kappa shape index (κ1) is 29.3. The standard InChI is InChI=1S/C28H42N4O2/c1-21(2)27(9)15-11-12-22(13-16-27)24(3,4)18-26(7,8)34-23(33)14-17-28(10,20-30)32-31-25(5,6)19-29/h11-13,15-16,21H,14,17-18H2,1-10H3. The van der Waals surface area contributed by atoms with Crippen LogP contribution >= 0.6 is 0 Å². The van der Waals surface area contributed by atoms with Gasteiger partial charge in [0.15, 0.2) is 11.1 Å². The Kier molecular flexibility index (Phi) is 9.21. The molecule has 186 valence electrons. The van der Waals surface area contributed by atoms with Crippen molar-refractivity contribution in [2.75, 3.05) is 0 Å². The molecule has 0 aliphatic heterocycles. The van der Waals surface area contributed by atoms with Gasteiger partial charge in [-0.3, -0.25) is 4.79 Å². The molecule has 0 saturated heterocycles. The van der Waals surface area contributed by atoms with Gasteiger partial charge in [-0.2, -0.15) is 20.8 Å². The average Bonchev–Trinajstić information content (AvgIpc) is 2.93. The fourth-order valence-corrected chi connectivity index (χ4v) is 3.87. The molecule has 0 heterocycles. The summed E-state index contributed by atoms with van der Waals surface area (Å²) in [5.74, 6) is 0.104. The van der Waals surface area contributed by atoms with Gasteiger partial charge in [-0.05, 0) is 64.4 Å². The van der Waals surface area contributed by atoms with E-state index < -0.39 is 16.7 Å². The fraction of sp³-hybridized carbons (Fsp3) is 0.679. The first-order valence-electron chi connectivity index (χ1n) is 12.0. The Balaban J connectivity index is 2.84. The Bertz CT molecular complexity index is 954. The molecular weight excluding hydrogens is 424 g/mol. The minimum absolute atomic E-state index is 0.00347. The van der Waals surface area contributed by atoms with Gasteiger partial charge in [-0.15, -0.1) is 0 Å². The maximum absolute atomic E-state index is 12.7. The van der Waals surface area contributed by atoms with E-state index in [9.17, 15) is 10.1 Å². The summed E-state index contributed by atoms with van der Waals surface area (Å²) in [6.07, 6.45) is 11.8. The van der Waals surface area contributed by atoms with Gasteiger partial charge in [-0.1, -0.05) is 65.0 Å². The third kappa shape index (κ3) is 8.56. The van der Waals surface area contributed by atoms with E-state index in [1.54, 1.807) is 20.8 Å². The van der Waals surface area contributed by atoms with Crippen molar-refractivity contribution >= 4 is 5.97 Å². The predicted molar refractivity (Wildman–Crippen MR) is 136 cm³/mol.